The molecule has 0 bridgehead atoms. The monoisotopic (exact) mass is 472 g/mol. The molecule has 1 unspecified atom stereocenters. The van der Waals surface area contributed by atoms with Crippen molar-refractivity contribution >= 4 is 45.1 Å². The van der Waals surface area contributed by atoms with Crippen LogP contribution in [0.5, 0.6) is 0 Å². The average molecular weight is 473 g/mol. The van der Waals surface area contributed by atoms with Gasteiger partial charge in [-0.1, -0.05) is 67.7 Å². The van der Waals surface area contributed by atoms with Gasteiger partial charge in [0.05, 0.1) is 11.4 Å². The molecule has 168 valence electrons. The highest BCUT2D eigenvalue weighted by molar-refractivity contribution is 8.03. The first kappa shape index (κ1) is 22.4. The number of thiazole rings is 1. The highest BCUT2D eigenvalue weighted by Gasteiger charge is 2.29. The highest BCUT2D eigenvalue weighted by Crippen LogP contribution is 2.40. The molecule has 1 aliphatic heterocycles. The van der Waals surface area contributed by atoms with E-state index in [1.54, 1.807) is 0 Å². The number of quaternary nitrogens is 1. The summed E-state index contributed by atoms with van der Waals surface area (Å²) in [6.45, 7) is 8.10. The maximum absolute atomic E-state index is 2.41. The molecular weight excluding hydrogens is 440 g/mol. The van der Waals surface area contributed by atoms with Crippen molar-refractivity contribution in [2.24, 2.45) is 12.5 Å². The van der Waals surface area contributed by atoms with Gasteiger partial charge in [-0.3, -0.25) is 4.90 Å². The van der Waals surface area contributed by atoms with E-state index in [9.17, 15) is 0 Å². The molecule has 5 rings (SSSR count). The summed E-state index contributed by atoms with van der Waals surface area (Å²) in [6.07, 6.45) is 13.9. The van der Waals surface area contributed by atoms with Gasteiger partial charge in [0.25, 0.3) is 5.01 Å². The highest BCUT2D eigenvalue weighted by atomic mass is 32.2. The fourth-order valence-corrected chi connectivity index (χ4v) is 7.32. The van der Waals surface area contributed by atoms with Gasteiger partial charge in [0.2, 0.25) is 5.52 Å². The molecule has 0 fully saturated rings. The number of rotatable bonds is 4. The van der Waals surface area contributed by atoms with Crippen LogP contribution in [-0.4, -0.2) is 6.54 Å². The normalized spacial score (nSPS) is 22.4. The maximum atomic E-state index is 2.41. The lowest BCUT2D eigenvalue weighted by molar-refractivity contribution is -0.777. The summed E-state index contributed by atoms with van der Waals surface area (Å²) in [5, 5.41) is 2.70. The van der Waals surface area contributed by atoms with Crippen LogP contribution < -0.4 is 9.47 Å². The van der Waals surface area contributed by atoms with E-state index in [1.165, 1.54) is 46.9 Å². The Kier molecular flexibility index (Phi) is 6.17. The van der Waals surface area contributed by atoms with E-state index in [2.05, 4.69) is 111 Å². The minimum Gasteiger partial charge on any atom is -0.264 e. The molecule has 0 spiro atoms. The number of allylic oxidation sites excluding steroid dienone is 6. The number of aromatic nitrogens is 1. The number of benzene rings is 2. The molecule has 2 aliphatic rings. The van der Waals surface area contributed by atoms with Crippen molar-refractivity contribution in [1.82, 2.24) is 0 Å². The number of nitrogens with one attached hydrogen (secondary N) is 1. The number of fused-ring (bicyclic) bond motifs is 2. The molecule has 2 nitrogen and oxygen atoms in total. The van der Waals surface area contributed by atoms with Crippen LogP contribution in [0.25, 0.3) is 16.3 Å². The molecule has 0 amide bonds. The van der Waals surface area contributed by atoms with Crippen molar-refractivity contribution in [1.29, 1.82) is 0 Å². The summed E-state index contributed by atoms with van der Waals surface area (Å²) in [5.74, 6) is 0. The lowest BCUT2D eigenvalue weighted by Gasteiger charge is -2.30. The third kappa shape index (κ3) is 4.65. The Labute approximate surface area is 205 Å². The van der Waals surface area contributed by atoms with Gasteiger partial charge in [0.1, 0.15) is 11.7 Å². The van der Waals surface area contributed by atoms with E-state index in [-0.39, 0.29) is 5.41 Å². The van der Waals surface area contributed by atoms with E-state index >= 15 is 0 Å². The first-order chi connectivity index (χ1) is 15.9. The van der Waals surface area contributed by atoms with Crippen LogP contribution in [0.4, 0.5) is 5.69 Å². The molecule has 0 saturated carbocycles. The smallest absolute Gasteiger partial charge is 0.262 e. The fraction of sp³-hybridized carbons (Fsp3) is 0.276. The number of thioether (sulfide) groups is 1. The second-order valence-electron chi connectivity index (χ2n) is 9.74. The molecule has 1 aliphatic carbocycles. The Morgan fingerprint density at radius 3 is 2.67 bits per heavy atom. The first-order valence-electron chi connectivity index (χ1n) is 11.7. The Bertz CT molecular complexity index is 1320. The third-order valence-electron chi connectivity index (χ3n) is 6.46. The summed E-state index contributed by atoms with van der Waals surface area (Å²) >= 11 is 3.78. The lowest BCUT2D eigenvalue weighted by Crippen LogP contribution is -3.03. The van der Waals surface area contributed by atoms with Crippen LogP contribution in [0, 0.1) is 5.41 Å². The van der Waals surface area contributed by atoms with Crippen LogP contribution in [0.2, 0.25) is 0 Å². The summed E-state index contributed by atoms with van der Waals surface area (Å²) < 4.78 is 3.66. The van der Waals surface area contributed by atoms with E-state index in [1.807, 2.05) is 23.1 Å². The van der Waals surface area contributed by atoms with Crippen molar-refractivity contribution in [2.75, 3.05) is 6.54 Å². The van der Waals surface area contributed by atoms with Crippen LogP contribution in [0.3, 0.4) is 0 Å². The summed E-state index contributed by atoms with van der Waals surface area (Å²) in [5.41, 5.74) is 5.81. The van der Waals surface area contributed by atoms with Gasteiger partial charge in [-0.2, -0.15) is 4.57 Å². The number of hydrogen-bond acceptors (Lipinski definition) is 2. The topological polar surface area (TPSA) is 8.32 Å². The first-order valence-corrected chi connectivity index (χ1v) is 13.4. The second-order valence-corrected chi connectivity index (χ2v) is 11.9. The Morgan fingerprint density at radius 2 is 1.85 bits per heavy atom. The van der Waals surface area contributed by atoms with Gasteiger partial charge in [0.15, 0.2) is 10.7 Å². The largest absolute Gasteiger partial charge is 0.264 e. The lowest BCUT2D eigenvalue weighted by atomic mass is 9.75. The standard InChI is InChI=1S/C29H31N2S2/c1-5-31-24-13-7-9-15-26(24)32-27(31)16-10-11-21-17-22(20-29(2,3)19-21)18-28-30(4)23-12-6-8-14-25(23)33-28/h6-18H,5,19-20H2,1-4H3/q+1/p+1. The van der Waals surface area contributed by atoms with Crippen molar-refractivity contribution in [2.45, 2.75) is 38.5 Å². The zero-order valence-electron chi connectivity index (χ0n) is 19.9. The van der Waals surface area contributed by atoms with Crippen molar-refractivity contribution < 1.29 is 9.47 Å². The zero-order chi connectivity index (χ0) is 23.0. The van der Waals surface area contributed by atoms with Gasteiger partial charge in [0, 0.05) is 24.3 Å². The Hall–Kier alpha value is -2.40. The van der Waals surface area contributed by atoms with Gasteiger partial charge in [-0.15, -0.1) is 0 Å². The predicted molar refractivity (Wildman–Crippen MR) is 143 cm³/mol. The molecule has 33 heavy (non-hydrogen) atoms. The summed E-state index contributed by atoms with van der Waals surface area (Å²) in [7, 11) is 2.18. The third-order valence-corrected chi connectivity index (χ3v) is 8.80. The summed E-state index contributed by atoms with van der Waals surface area (Å²) in [6, 6.07) is 17.4. The quantitative estimate of drug-likeness (QED) is 0.421. The van der Waals surface area contributed by atoms with E-state index in [0.29, 0.717) is 0 Å². The molecule has 1 atom stereocenters. The van der Waals surface area contributed by atoms with Crippen molar-refractivity contribution in [3.63, 3.8) is 0 Å². The molecule has 4 heteroatoms. The van der Waals surface area contributed by atoms with Crippen molar-refractivity contribution in [3.05, 3.63) is 94.0 Å². The molecular formula is C29H32N2S2+2. The predicted octanol–water partition coefficient (Wildman–Crippen LogP) is 6.60. The van der Waals surface area contributed by atoms with E-state index in [0.717, 1.165) is 19.4 Å². The van der Waals surface area contributed by atoms with Gasteiger partial charge in [-0.25, -0.2) is 0 Å². The molecule has 2 aromatic carbocycles. The molecule has 0 saturated heterocycles. The van der Waals surface area contributed by atoms with Gasteiger partial charge in [-0.05, 0) is 60.2 Å². The van der Waals surface area contributed by atoms with Gasteiger partial charge >= 0.3 is 0 Å². The number of aryl methyl sites for hydroxylation is 1. The molecule has 1 aromatic heterocycles. The zero-order valence-corrected chi connectivity index (χ0v) is 21.5. The molecule has 3 aromatic rings. The van der Waals surface area contributed by atoms with Crippen LogP contribution in [0.1, 0.15) is 38.6 Å². The second kappa shape index (κ2) is 9.09. The number of nitrogens with zero attached hydrogens (tertiary/aromatic N) is 1. The van der Waals surface area contributed by atoms with Crippen molar-refractivity contribution in [3.8, 4) is 0 Å². The van der Waals surface area contributed by atoms with E-state index in [4.69, 9.17) is 0 Å². The Morgan fingerprint density at radius 1 is 1.06 bits per heavy atom. The number of hydrogen-bond donors (Lipinski definition) is 1. The van der Waals surface area contributed by atoms with Gasteiger partial charge < -0.3 is 0 Å². The summed E-state index contributed by atoms with van der Waals surface area (Å²) in [4.78, 5) is 2.85. The minimum atomic E-state index is 0.266. The minimum absolute atomic E-state index is 0.266. The van der Waals surface area contributed by atoms with Crippen LogP contribution in [-0.2, 0) is 7.05 Å². The average Bonchev–Trinajstić information content (AvgIpc) is 3.30. The van der Waals surface area contributed by atoms with Crippen LogP contribution >= 0.6 is 23.1 Å². The molecule has 0 radical (unpaired) electrons. The Balaban J connectivity index is 1.42. The number of para-hydroxylation sites is 2. The van der Waals surface area contributed by atoms with Crippen LogP contribution in [0.15, 0.2) is 93.9 Å². The maximum Gasteiger partial charge on any atom is 0.262 e. The van der Waals surface area contributed by atoms with E-state index < -0.39 is 0 Å². The fourth-order valence-electron chi connectivity index (χ4n) is 4.99. The SMILES string of the molecule is CC[NH+]1/C(=C/C=C/C2=CC(=Cc3sc4ccccc4[n+]3C)CC(C)(C)C2)Sc2ccccc21. The molecule has 2 heterocycles. The molecule has 1 N–H and O–H groups in total.